The Bertz CT molecular complexity index is 604. The van der Waals surface area contributed by atoms with E-state index in [1.54, 1.807) is 10.7 Å². The first-order chi connectivity index (χ1) is 9.24. The summed E-state index contributed by atoms with van der Waals surface area (Å²) in [5.41, 5.74) is 1.38. The fourth-order valence-corrected chi connectivity index (χ4v) is 3.04. The van der Waals surface area contributed by atoms with Gasteiger partial charge in [0, 0.05) is 16.6 Å². The van der Waals surface area contributed by atoms with Crippen molar-refractivity contribution in [2.45, 2.75) is 32.1 Å². The zero-order chi connectivity index (χ0) is 13.2. The van der Waals surface area contributed by atoms with Crippen LogP contribution in [0.5, 0.6) is 0 Å². The van der Waals surface area contributed by atoms with E-state index >= 15 is 0 Å². The molecule has 100 valence electrons. The SMILES string of the molecule is O=C(Nc1cc(Br)cn2cnnc12)C1CCCCC1. The fraction of sp³-hybridized carbons (Fsp3) is 0.462. The number of hydrogen-bond donors (Lipinski definition) is 1. The molecule has 1 fully saturated rings. The highest BCUT2D eigenvalue weighted by Crippen LogP contribution is 2.26. The lowest BCUT2D eigenvalue weighted by atomic mass is 9.88. The van der Waals surface area contributed by atoms with Gasteiger partial charge in [-0.2, -0.15) is 0 Å². The number of hydrogen-bond acceptors (Lipinski definition) is 3. The lowest BCUT2D eigenvalue weighted by Gasteiger charge is -2.20. The van der Waals surface area contributed by atoms with Gasteiger partial charge in [0.2, 0.25) is 5.91 Å². The van der Waals surface area contributed by atoms with E-state index < -0.39 is 0 Å². The summed E-state index contributed by atoms with van der Waals surface area (Å²) >= 11 is 3.43. The minimum atomic E-state index is 0.0997. The molecule has 2 heterocycles. The molecule has 1 N–H and O–H groups in total. The smallest absolute Gasteiger partial charge is 0.227 e. The van der Waals surface area contributed by atoms with E-state index in [1.807, 2.05) is 12.3 Å². The maximum Gasteiger partial charge on any atom is 0.227 e. The molecule has 2 aromatic rings. The largest absolute Gasteiger partial charge is 0.323 e. The highest BCUT2D eigenvalue weighted by atomic mass is 79.9. The molecule has 1 amide bonds. The van der Waals surface area contributed by atoms with Crippen molar-refractivity contribution >= 4 is 33.2 Å². The van der Waals surface area contributed by atoms with Gasteiger partial charge in [-0.25, -0.2) is 0 Å². The van der Waals surface area contributed by atoms with E-state index in [-0.39, 0.29) is 11.8 Å². The molecular formula is C13H15BrN4O. The van der Waals surface area contributed by atoms with Crippen LogP contribution in [0, 0.1) is 5.92 Å². The van der Waals surface area contributed by atoms with Crippen LogP contribution in [0.15, 0.2) is 23.1 Å². The van der Waals surface area contributed by atoms with Gasteiger partial charge in [0.1, 0.15) is 6.33 Å². The molecule has 1 saturated carbocycles. The molecule has 1 aliphatic carbocycles. The maximum atomic E-state index is 12.3. The lowest BCUT2D eigenvalue weighted by Crippen LogP contribution is -2.25. The molecule has 5 nitrogen and oxygen atoms in total. The van der Waals surface area contributed by atoms with Gasteiger partial charge in [0.25, 0.3) is 0 Å². The summed E-state index contributed by atoms with van der Waals surface area (Å²) in [7, 11) is 0. The van der Waals surface area contributed by atoms with Crippen molar-refractivity contribution in [3.8, 4) is 0 Å². The number of nitrogens with one attached hydrogen (secondary N) is 1. The zero-order valence-electron chi connectivity index (χ0n) is 10.5. The van der Waals surface area contributed by atoms with E-state index in [9.17, 15) is 4.79 Å². The Morgan fingerprint density at radius 2 is 2.16 bits per heavy atom. The molecule has 0 atom stereocenters. The topological polar surface area (TPSA) is 59.3 Å². The number of amides is 1. The predicted molar refractivity (Wildman–Crippen MR) is 75.9 cm³/mol. The van der Waals surface area contributed by atoms with Gasteiger partial charge in [-0.1, -0.05) is 19.3 Å². The van der Waals surface area contributed by atoms with Crippen LogP contribution in [0.3, 0.4) is 0 Å². The number of nitrogens with zero attached hydrogens (tertiary/aromatic N) is 3. The molecule has 0 saturated heterocycles. The average Bonchev–Trinajstić information content (AvgIpc) is 2.88. The molecule has 2 aromatic heterocycles. The standard InChI is InChI=1S/C13H15BrN4O/c14-10-6-11(12-17-15-8-18(12)7-10)16-13(19)9-4-2-1-3-5-9/h6-9H,1-5H2,(H,16,19). The third-order valence-electron chi connectivity index (χ3n) is 3.59. The van der Waals surface area contributed by atoms with E-state index in [4.69, 9.17) is 0 Å². The summed E-state index contributed by atoms with van der Waals surface area (Å²) in [6.07, 6.45) is 9.01. The van der Waals surface area contributed by atoms with Crippen LogP contribution >= 0.6 is 15.9 Å². The summed E-state index contributed by atoms with van der Waals surface area (Å²) < 4.78 is 2.68. The van der Waals surface area contributed by atoms with E-state index in [0.29, 0.717) is 11.3 Å². The van der Waals surface area contributed by atoms with Crippen molar-refractivity contribution in [2.24, 2.45) is 5.92 Å². The third-order valence-corrected chi connectivity index (χ3v) is 4.03. The number of fused-ring (bicyclic) bond motifs is 1. The van der Waals surface area contributed by atoms with Gasteiger partial charge in [-0.05, 0) is 34.8 Å². The summed E-state index contributed by atoms with van der Waals surface area (Å²) in [6.45, 7) is 0. The number of rotatable bonds is 2. The molecule has 0 spiro atoms. The summed E-state index contributed by atoms with van der Waals surface area (Å²) in [4.78, 5) is 12.3. The molecule has 0 radical (unpaired) electrons. The average molecular weight is 323 g/mol. The molecule has 3 rings (SSSR count). The van der Waals surface area contributed by atoms with E-state index in [0.717, 1.165) is 30.2 Å². The van der Waals surface area contributed by atoms with Crippen molar-refractivity contribution in [3.63, 3.8) is 0 Å². The Balaban J connectivity index is 1.84. The van der Waals surface area contributed by atoms with Crippen molar-refractivity contribution in [2.75, 3.05) is 5.32 Å². The van der Waals surface area contributed by atoms with Gasteiger partial charge in [-0.3, -0.25) is 9.20 Å². The monoisotopic (exact) mass is 322 g/mol. The Kier molecular flexibility index (Phi) is 3.50. The number of anilines is 1. The number of aromatic nitrogens is 3. The van der Waals surface area contributed by atoms with Crippen LogP contribution in [-0.2, 0) is 4.79 Å². The Labute approximate surface area is 119 Å². The second kappa shape index (κ2) is 5.28. The second-order valence-electron chi connectivity index (χ2n) is 4.96. The normalized spacial score (nSPS) is 16.7. The van der Waals surface area contributed by atoms with Crippen LogP contribution < -0.4 is 5.32 Å². The summed E-state index contributed by atoms with van der Waals surface area (Å²) in [5.74, 6) is 0.235. The summed E-state index contributed by atoms with van der Waals surface area (Å²) in [6, 6.07) is 1.87. The first kappa shape index (κ1) is 12.6. The minimum absolute atomic E-state index is 0.0997. The minimum Gasteiger partial charge on any atom is -0.323 e. The summed E-state index contributed by atoms with van der Waals surface area (Å²) in [5, 5.41) is 10.9. The second-order valence-corrected chi connectivity index (χ2v) is 5.87. The van der Waals surface area contributed by atoms with Crippen LogP contribution in [0.1, 0.15) is 32.1 Å². The molecule has 0 unspecified atom stereocenters. The van der Waals surface area contributed by atoms with Crippen molar-refractivity contribution in [3.05, 3.63) is 23.1 Å². The molecular weight excluding hydrogens is 308 g/mol. The Morgan fingerprint density at radius 1 is 1.37 bits per heavy atom. The van der Waals surface area contributed by atoms with Gasteiger partial charge in [0.05, 0.1) is 5.69 Å². The number of pyridine rings is 1. The molecule has 1 aliphatic rings. The van der Waals surface area contributed by atoms with Gasteiger partial charge in [0.15, 0.2) is 5.65 Å². The highest BCUT2D eigenvalue weighted by Gasteiger charge is 2.22. The molecule has 19 heavy (non-hydrogen) atoms. The number of carbonyl (C=O) groups excluding carboxylic acids is 1. The molecule has 0 aliphatic heterocycles. The van der Waals surface area contributed by atoms with Crippen molar-refractivity contribution in [1.82, 2.24) is 14.6 Å². The quantitative estimate of drug-likeness (QED) is 0.924. The Hall–Kier alpha value is -1.43. The first-order valence-electron chi connectivity index (χ1n) is 6.54. The lowest BCUT2D eigenvalue weighted by molar-refractivity contribution is -0.120. The van der Waals surface area contributed by atoms with Gasteiger partial charge < -0.3 is 5.32 Å². The van der Waals surface area contributed by atoms with E-state index in [1.165, 1.54) is 6.42 Å². The van der Waals surface area contributed by atoms with Gasteiger partial charge >= 0.3 is 0 Å². The highest BCUT2D eigenvalue weighted by molar-refractivity contribution is 9.10. The van der Waals surface area contributed by atoms with Gasteiger partial charge in [-0.15, -0.1) is 10.2 Å². The van der Waals surface area contributed by atoms with Crippen LogP contribution in [0.2, 0.25) is 0 Å². The van der Waals surface area contributed by atoms with Crippen molar-refractivity contribution in [1.29, 1.82) is 0 Å². The number of halogens is 1. The predicted octanol–water partition coefficient (Wildman–Crippen LogP) is 3.01. The van der Waals surface area contributed by atoms with Crippen molar-refractivity contribution < 1.29 is 4.79 Å². The zero-order valence-corrected chi connectivity index (χ0v) is 12.1. The van der Waals surface area contributed by atoms with E-state index in [2.05, 4.69) is 31.4 Å². The first-order valence-corrected chi connectivity index (χ1v) is 7.33. The van der Waals surface area contributed by atoms with Crippen LogP contribution in [0.4, 0.5) is 5.69 Å². The fourth-order valence-electron chi connectivity index (χ4n) is 2.59. The van der Waals surface area contributed by atoms with Crippen LogP contribution in [0.25, 0.3) is 5.65 Å². The third kappa shape index (κ3) is 2.63. The molecule has 0 aromatic carbocycles. The van der Waals surface area contributed by atoms with Crippen LogP contribution in [-0.4, -0.2) is 20.5 Å². The molecule has 6 heteroatoms. The number of carbonyl (C=O) groups is 1. The molecule has 0 bridgehead atoms. The maximum absolute atomic E-state index is 12.3. The Morgan fingerprint density at radius 3 is 2.95 bits per heavy atom.